The molecule has 1 fully saturated rings. The molecule has 1 amide bonds. The van der Waals surface area contributed by atoms with E-state index in [1.807, 2.05) is 50.2 Å². The molecule has 6 nitrogen and oxygen atoms in total. The van der Waals surface area contributed by atoms with Crippen LogP contribution in [-0.4, -0.2) is 27.6 Å². The Hall–Kier alpha value is -2.85. The maximum Gasteiger partial charge on any atom is 0.301 e. The Bertz CT molecular complexity index is 1340. The lowest BCUT2D eigenvalue weighted by Gasteiger charge is -2.23. The molecule has 1 aliphatic heterocycles. The van der Waals surface area contributed by atoms with Gasteiger partial charge in [0.25, 0.3) is 5.78 Å². The fraction of sp³-hybridized carbons (Fsp3) is 0.200. The Labute approximate surface area is 209 Å². The predicted molar refractivity (Wildman–Crippen MR) is 137 cm³/mol. The first-order valence-electron chi connectivity index (χ1n) is 10.2. The zero-order valence-electron chi connectivity index (χ0n) is 18.5. The zero-order valence-corrected chi connectivity index (χ0v) is 21.4. The molecular weight excluding hydrogens is 551 g/mol. The molecule has 0 radical (unpaired) electrons. The minimum atomic E-state index is -0.868. The van der Waals surface area contributed by atoms with Crippen molar-refractivity contribution in [2.45, 2.75) is 33.7 Å². The molecule has 1 atom stereocenters. The van der Waals surface area contributed by atoms with Gasteiger partial charge >= 0.3 is 5.91 Å². The molecule has 3 aromatic rings. The highest BCUT2D eigenvalue weighted by atomic mass is 127. The van der Waals surface area contributed by atoms with Gasteiger partial charge in [0.05, 0.1) is 22.2 Å². The zero-order chi connectivity index (χ0) is 24.0. The number of aliphatic hydroxyl groups excluding tert-OH is 1. The lowest BCUT2D eigenvalue weighted by molar-refractivity contribution is -0.132. The second-order valence-corrected chi connectivity index (χ2v) is 10.2. The number of amides is 1. The molecule has 1 aliphatic rings. The number of Topliss-reactive ketones (excluding diaryl/α,β-unsaturated/α-hetero) is 2. The SMILES string of the molecule is CC(=O)c1sc(N2C(=O)C(=O)C(=C(O)c3cc(C)ccc3C)C2c2ccc(I)cc2)nc1C. The van der Waals surface area contributed by atoms with Gasteiger partial charge in [-0.2, -0.15) is 0 Å². The van der Waals surface area contributed by atoms with Crippen LogP contribution in [0, 0.1) is 24.3 Å². The summed E-state index contributed by atoms with van der Waals surface area (Å²) in [5, 5.41) is 11.6. The lowest BCUT2D eigenvalue weighted by Crippen LogP contribution is -2.29. The summed E-state index contributed by atoms with van der Waals surface area (Å²) in [6, 6.07) is 12.1. The summed E-state index contributed by atoms with van der Waals surface area (Å²) < 4.78 is 0.992. The first-order valence-corrected chi connectivity index (χ1v) is 12.1. The van der Waals surface area contributed by atoms with E-state index in [4.69, 9.17) is 0 Å². The number of thiazole rings is 1. The maximum absolute atomic E-state index is 13.3. The Kier molecular flexibility index (Phi) is 6.24. The number of benzene rings is 2. The molecule has 0 saturated carbocycles. The van der Waals surface area contributed by atoms with Crippen LogP contribution in [0.15, 0.2) is 48.0 Å². The van der Waals surface area contributed by atoms with Gasteiger partial charge in [-0.3, -0.25) is 19.3 Å². The molecule has 33 heavy (non-hydrogen) atoms. The number of aromatic nitrogens is 1. The Morgan fingerprint density at radius 3 is 2.36 bits per heavy atom. The average Bonchev–Trinajstić information content (AvgIpc) is 3.27. The number of anilines is 1. The average molecular weight is 572 g/mol. The van der Waals surface area contributed by atoms with Crippen LogP contribution >= 0.6 is 33.9 Å². The molecule has 2 aromatic carbocycles. The molecule has 0 bridgehead atoms. The van der Waals surface area contributed by atoms with Gasteiger partial charge in [-0.15, -0.1) is 0 Å². The standard InChI is InChI=1S/C25H21IN2O4S/c1-12-5-6-13(2)18(11-12)21(30)19-20(16-7-9-17(26)10-8-16)28(24(32)22(19)31)25-27-14(3)23(33-25)15(4)29/h5-11,20,30H,1-4H3. The molecule has 0 spiro atoms. The van der Waals surface area contributed by atoms with Gasteiger partial charge < -0.3 is 5.11 Å². The van der Waals surface area contributed by atoms with Gasteiger partial charge in [0, 0.05) is 16.1 Å². The number of aryl methyl sites for hydroxylation is 3. The van der Waals surface area contributed by atoms with Gasteiger partial charge in [-0.25, -0.2) is 4.98 Å². The third-order valence-electron chi connectivity index (χ3n) is 5.59. The highest BCUT2D eigenvalue weighted by Crippen LogP contribution is 2.44. The van der Waals surface area contributed by atoms with Crippen molar-refractivity contribution in [2.75, 3.05) is 4.90 Å². The number of ketones is 2. The molecule has 1 N–H and O–H groups in total. The van der Waals surface area contributed by atoms with Crippen molar-refractivity contribution in [3.05, 3.63) is 84.4 Å². The van der Waals surface area contributed by atoms with Gasteiger partial charge in [-0.1, -0.05) is 41.2 Å². The van der Waals surface area contributed by atoms with Crippen molar-refractivity contribution < 1.29 is 19.5 Å². The van der Waals surface area contributed by atoms with Crippen LogP contribution < -0.4 is 4.90 Å². The van der Waals surface area contributed by atoms with Crippen molar-refractivity contribution >= 4 is 62.3 Å². The number of nitrogens with zero attached hydrogens (tertiary/aromatic N) is 2. The van der Waals surface area contributed by atoms with E-state index in [2.05, 4.69) is 27.6 Å². The summed E-state index contributed by atoms with van der Waals surface area (Å²) in [6.45, 7) is 6.87. The van der Waals surface area contributed by atoms with Crippen molar-refractivity contribution in [1.29, 1.82) is 0 Å². The summed E-state index contributed by atoms with van der Waals surface area (Å²) in [5.41, 5.74) is 3.38. The molecule has 2 heterocycles. The second-order valence-electron chi connectivity index (χ2n) is 8.01. The van der Waals surface area contributed by atoms with Gasteiger partial charge in [0.2, 0.25) is 0 Å². The number of halogens is 1. The van der Waals surface area contributed by atoms with E-state index in [1.54, 1.807) is 13.0 Å². The normalized spacial score (nSPS) is 17.6. The molecule has 168 valence electrons. The summed E-state index contributed by atoms with van der Waals surface area (Å²) in [4.78, 5) is 44.7. The fourth-order valence-corrected chi connectivity index (χ4v) is 5.29. The van der Waals surface area contributed by atoms with E-state index in [-0.39, 0.29) is 22.2 Å². The molecule has 1 aromatic heterocycles. The van der Waals surface area contributed by atoms with Crippen LogP contribution in [0.3, 0.4) is 0 Å². The number of hydrogen-bond acceptors (Lipinski definition) is 6. The third kappa shape index (κ3) is 4.13. The van der Waals surface area contributed by atoms with Gasteiger partial charge in [0.15, 0.2) is 10.9 Å². The number of carbonyl (C=O) groups excluding carboxylic acids is 3. The lowest BCUT2D eigenvalue weighted by atomic mass is 9.93. The highest BCUT2D eigenvalue weighted by molar-refractivity contribution is 14.1. The van der Waals surface area contributed by atoms with E-state index >= 15 is 0 Å². The highest BCUT2D eigenvalue weighted by Gasteiger charge is 2.48. The third-order valence-corrected chi connectivity index (χ3v) is 7.57. The van der Waals surface area contributed by atoms with E-state index < -0.39 is 17.7 Å². The number of aliphatic hydroxyl groups is 1. The summed E-state index contributed by atoms with van der Waals surface area (Å²) in [6.07, 6.45) is 0. The van der Waals surface area contributed by atoms with Gasteiger partial charge in [-0.05, 0) is 72.7 Å². The quantitative estimate of drug-likeness (QED) is 0.147. The number of hydrogen-bond donors (Lipinski definition) is 1. The van der Waals surface area contributed by atoms with E-state index in [1.165, 1.54) is 11.8 Å². The van der Waals surface area contributed by atoms with Crippen molar-refractivity contribution in [3.63, 3.8) is 0 Å². The topological polar surface area (TPSA) is 87.6 Å². The van der Waals surface area contributed by atoms with E-state index in [0.29, 0.717) is 21.7 Å². The molecule has 1 saturated heterocycles. The van der Waals surface area contributed by atoms with Gasteiger partial charge in [0.1, 0.15) is 5.76 Å². The van der Waals surface area contributed by atoms with Crippen LogP contribution in [0.2, 0.25) is 0 Å². The second kappa shape index (κ2) is 8.83. The minimum Gasteiger partial charge on any atom is -0.507 e. The fourth-order valence-electron chi connectivity index (χ4n) is 3.94. The monoisotopic (exact) mass is 572 g/mol. The summed E-state index contributed by atoms with van der Waals surface area (Å²) in [5.74, 6) is -1.95. The number of carbonyl (C=O) groups is 3. The largest absolute Gasteiger partial charge is 0.507 e. The predicted octanol–water partition coefficient (Wildman–Crippen LogP) is 5.50. The maximum atomic E-state index is 13.3. The van der Waals surface area contributed by atoms with Crippen LogP contribution in [0.5, 0.6) is 0 Å². The van der Waals surface area contributed by atoms with Crippen LogP contribution in [0.25, 0.3) is 5.76 Å². The molecule has 4 rings (SSSR count). The van der Waals surface area contributed by atoms with Crippen molar-refractivity contribution in [1.82, 2.24) is 4.98 Å². The minimum absolute atomic E-state index is 0.00661. The van der Waals surface area contributed by atoms with Crippen LogP contribution in [-0.2, 0) is 9.59 Å². The van der Waals surface area contributed by atoms with Crippen LogP contribution in [0.4, 0.5) is 5.13 Å². The summed E-state index contributed by atoms with van der Waals surface area (Å²) in [7, 11) is 0. The van der Waals surface area contributed by atoms with E-state index in [9.17, 15) is 19.5 Å². The smallest absolute Gasteiger partial charge is 0.301 e. The Morgan fingerprint density at radius 2 is 1.76 bits per heavy atom. The molecular formula is C25H21IN2O4S. The molecule has 8 heteroatoms. The van der Waals surface area contributed by atoms with Crippen molar-refractivity contribution in [3.8, 4) is 0 Å². The summed E-state index contributed by atoms with van der Waals surface area (Å²) >= 11 is 3.25. The first kappa shape index (κ1) is 23.3. The first-order chi connectivity index (χ1) is 15.6. The molecule has 0 aliphatic carbocycles. The van der Waals surface area contributed by atoms with Crippen molar-refractivity contribution in [2.24, 2.45) is 0 Å². The van der Waals surface area contributed by atoms with Crippen LogP contribution in [0.1, 0.15) is 50.6 Å². The Morgan fingerprint density at radius 1 is 1.09 bits per heavy atom. The Balaban J connectivity index is 1.98. The van der Waals surface area contributed by atoms with E-state index in [0.717, 1.165) is 26.0 Å². The molecule has 1 unspecified atom stereocenters. The number of rotatable bonds is 4.